The third-order valence-electron chi connectivity index (χ3n) is 3.07. The van der Waals surface area contributed by atoms with Crippen LogP contribution in [0.3, 0.4) is 0 Å². The first-order chi connectivity index (χ1) is 11.9. The van der Waals surface area contributed by atoms with Crippen LogP contribution in [0.5, 0.6) is 5.75 Å². The van der Waals surface area contributed by atoms with Crippen molar-refractivity contribution < 1.29 is 17.9 Å². The lowest BCUT2D eigenvalue weighted by atomic mass is 10.2. The van der Waals surface area contributed by atoms with E-state index >= 15 is 0 Å². The van der Waals surface area contributed by atoms with Crippen molar-refractivity contribution >= 4 is 29.2 Å². The second-order valence-corrected chi connectivity index (χ2v) is 5.25. The van der Waals surface area contributed by atoms with Gasteiger partial charge < -0.3 is 10.1 Å². The average Bonchev–Trinajstić information content (AvgIpc) is 2.56. The van der Waals surface area contributed by atoms with Gasteiger partial charge in [-0.3, -0.25) is 5.43 Å². The van der Waals surface area contributed by atoms with E-state index in [0.717, 1.165) is 11.6 Å². The van der Waals surface area contributed by atoms with E-state index < -0.39 is 11.7 Å². The summed E-state index contributed by atoms with van der Waals surface area (Å²) in [5.41, 5.74) is 2.27. The van der Waals surface area contributed by atoms with E-state index in [4.69, 9.17) is 17.0 Å². The summed E-state index contributed by atoms with van der Waals surface area (Å²) >= 11 is 4.98. The van der Waals surface area contributed by atoms with E-state index in [1.807, 2.05) is 19.1 Å². The predicted octanol–water partition coefficient (Wildman–Crippen LogP) is 4.42. The maximum absolute atomic E-state index is 12.9. The second-order valence-electron chi connectivity index (χ2n) is 4.84. The molecule has 0 fully saturated rings. The van der Waals surface area contributed by atoms with Crippen LogP contribution in [0, 0.1) is 0 Å². The Morgan fingerprint density at radius 3 is 2.56 bits per heavy atom. The zero-order valence-electron chi connectivity index (χ0n) is 13.3. The summed E-state index contributed by atoms with van der Waals surface area (Å²) in [7, 11) is 0. The highest BCUT2D eigenvalue weighted by molar-refractivity contribution is 7.80. The van der Waals surface area contributed by atoms with Crippen LogP contribution in [-0.4, -0.2) is 17.9 Å². The first-order valence-corrected chi connectivity index (χ1v) is 7.80. The van der Waals surface area contributed by atoms with E-state index in [1.54, 1.807) is 12.1 Å². The number of rotatable bonds is 5. The number of alkyl halides is 3. The number of nitrogens with zero attached hydrogens (tertiary/aromatic N) is 1. The molecule has 0 aliphatic heterocycles. The highest BCUT2D eigenvalue weighted by atomic mass is 32.1. The van der Waals surface area contributed by atoms with Gasteiger partial charge in [0.05, 0.1) is 24.1 Å². The fourth-order valence-corrected chi connectivity index (χ4v) is 2.19. The van der Waals surface area contributed by atoms with Crippen LogP contribution >= 0.6 is 12.2 Å². The lowest BCUT2D eigenvalue weighted by molar-refractivity contribution is -0.136. The smallest absolute Gasteiger partial charge is 0.418 e. The third kappa shape index (κ3) is 5.46. The second kappa shape index (κ2) is 8.48. The average molecular weight is 367 g/mol. The van der Waals surface area contributed by atoms with Crippen LogP contribution < -0.4 is 15.5 Å². The van der Waals surface area contributed by atoms with E-state index in [2.05, 4.69) is 15.8 Å². The standard InChI is InChI=1S/C17H16F3N3OS/c1-2-24-15-10-6-3-7-12(15)11-21-23-16(25)22-14-9-5-4-8-13(14)17(18,19)20/h3-11H,2H2,1H3,(H2,22,23,25)/b21-11-. The van der Waals surface area contributed by atoms with Gasteiger partial charge in [-0.2, -0.15) is 18.3 Å². The van der Waals surface area contributed by atoms with E-state index in [-0.39, 0.29) is 10.8 Å². The van der Waals surface area contributed by atoms with Crippen LogP contribution in [0.4, 0.5) is 18.9 Å². The molecule has 2 N–H and O–H groups in total. The molecule has 2 aromatic carbocycles. The molecule has 132 valence electrons. The highest BCUT2D eigenvalue weighted by Gasteiger charge is 2.33. The Bertz CT molecular complexity index is 763. The maximum atomic E-state index is 12.9. The van der Waals surface area contributed by atoms with E-state index in [1.165, 1.54) is 24.4 Å². The van der Waals surface area contributed by atoms with Crippen LogP contribution in [0.15, 0.2) is 53.6 Å². The number of hydrazone groups is 1. The van der Waals surface area contributed by atoms with Gasteiger partial charge in [0.15, 0.2) is 5.11 Å². The van der Waals surface area contributed by atoms with Gasteiger partial charge in [-0.15, -0.1) is 0 Å². The van der Waals surface area contributed by atoms with Crippen molar-refractivity contribution in [1.82, 2.24) is 5.43 Å². The van der Waals surface area contributed by atoms with E-state index in [9.17, 15) is 13.2 Å². The highest BCUT2D eigenvalue weighted by Crippen LogP contribution is 2.34. The molecule has 8 heteroatoms. The van der Waals surface area contributed by atoms with Crippen LogP contribution in [-0.2, 0) is 6.18 Å². The number of nitrogens with one attached hydrogen (secondary N) is 2. The van der Waals surface area contributed by atoms with Crippen molar-refractivity contribution in [2.24, 2.45) is 5.10 Å². The SMILES string of the molecule is CCOc1ccccc1/C=N\NC(=S)Nc1ccccc1C(F)(F)F. The summed E-state index contributed by atoms with van der Waals surface area (Å²) in [4.78, 5) is 0. The van der Waals surface area contributed by atoms with Gasteiger partial charge in [-0.25, -0.2) is 0 Å². The topological polar surface area (TPSA) is 45.6 Å². The molecule has 0 saturated heterocycles. The van der Waals surface area contributed by atoms with Crippen molar-refractivity contribution in [3.8, 4) is 5.75 Å². The van der Waals surface area contributed by atoms with Gasteiger partial charge in [-0.1, -0.05) is 24.3 Å². The third-order valence-corrected chi connectivity index (χ3v) is 3.26. The molecule has 0 aliphatic rings. The number of benzene rings is 2. The van der Waals surface area contributed by atoms with Gasteiger partial charge in [-0.05, 0) is 43.4 Å². The zero-order valence-corrected chi connectivity index (χ0v) is 14.1. The summed E-state index contributed by atoms with van der Waals surface area (Å²) in [6.07, 6.45) is -2.99. The molecule has 0 aromatic heterocycles. The quantitative estimate of drug-likeness (QED) is 0.466. The molecular formula is C17H16F3N3OS. The van der Waals surface area contributed by atoms with Crippen LogP contribution in [0.1, 0.15) is 18.1 Å². The van der Waals surface area contributed by atoms with Gasteiger partial charge in [0.1, 0.15) is 5.75 Å². The van der Waals surface area contributed by atoms with Gasteiger partial charge in [0.2, 0.25) is 0 Å². The Hall–Kier alpha value is -2.61. The first-order valence-electron chi connectivity index (χ1n) is 7.40. The van der Waals surface area contributed by atoms with Crippen molar-refractivity contribution in [3.05, 3.63) is 59.7 Å². The van der Waals surface area contributed by atoms with Crippen molar-refractivity contribution in [3.63, 3.8) is 0 Å². The maximum Gasteiger partial charge on any atom is 0.418 e. The molecule has 0 unspecified atom stereocenters. The molecule has 0 amide bonds. The fourth-order valence-electron chi connectivity index (χ4n) is 2.02. The Morgan fingerprint density at radius 2 is 1.84 bits per heavy atom. The summed E-state index contributed by atoms with van der Waals surface area (Å²) in [6, 6.07) is 12.3. The molecule has 25 heavy (non-hydrogen) atoms. The largest absolute Gasteiger partial charge is 0.493 e. The predicted molar refractivity (Wildman–Crippen MR) is 96.0 cm³/mol. The number of hydrogen-bond donors (Lipinski definition) is 2. The normalized spacial score (nSPS) is 11.4. The number of halogens is 3. The minimum absolute atomic E-state index is 0.0539. The molecule has 2 rings (SSSR count). The molecule has 0 radical (unpaired) electrons. The molecule has 0 heterocycles. The Labute approximate surface area is 148 Å². The van der Waals surface area contributed by atoms with E-state index in [0.29, 0.717) is 12.4 Å². The summed E-state index contributed by atoms with van der Waals surface area (Å²) < 4.78 is 44.3. The van der Waals surface area contributed by atoms with Crippen molar-refractivity contribution in [2.45, 2.75) is 13.1 Å². The number of anilines is 1. The molecule has 0 atom stereocenters. The minimum atomic E-state index is -4.47. The number of ether oxygens (including phenoxy) is 1. The monoisotopic (exact) mass is 367 g/mol. The van der Waals surface area contributed by atoms with Gasteiger partial charge in [0.25, 0.3) is 0 Å². The van der Waals surface area contributed by atoms with Crippen molar-refractivity contribution in [1.29, 1.82) is 0 Å². The van der Waals surface area contributed by atoms with Crippen LogP contribution in [0.25, 0.3) is 0 Å². The molecule has 0 saturated carbocycles. The zero-order chi connectivity index (χ0) is 18.3. The molecule has 0 aliphatic carbocycles. The van der Waals surface area contributed by atoms with Gasteiger partial charge in [0, 0.05) is 5.56 Å². The lowest BCUT2D eigenvalue weighted by Crippen LogP contribution is -2.25. The van der Waals surface area contributed by atoms with Gasteiger partial charge >= 0.3 is 6.18 Å². The molecule has 2 aromatic rings. The molecule has 0 bridgehead atoms. The van der Waals surface area contributed by atoms with Crippen LogP contribution in [0.2, 0.25) is 0 Å². The fraction of sp³-hybridized carbons (Fsp3) is 0.176. The molecule has 4 nitrogen and oxygen atoms in total. The summed E-state index contributed by atoms with van der Waals surface area (Å²) in [5.74, 6) is 0.650. The Kier molecular flexibility index (Phi) is 6.35. The Balaban J connectivity index is 2.03. The molecular weight excluding hydrogens is 351 g/mol. The number of hydrogen-bond acceptors (Lipinski definition) is 3. The Morgan fingerprint density at radius 1 is 1.16 bits per heavy atom. The summed E-state index contributed by atoms with van der Waals surface area (Å²) in [5, 5.41) is 6.38. The first kappa shape index (κ1) is 18.7. The molecule has 0 spiro atoms. The van der Waals surface area contributed by atoms with Crippen molar-refractivity contribution in [2.75, 3.05) is 11.9 Å². The number of para-hydroxylation sites is 2. The summed E-state index contributed by atoms with van der Waals surface area (Å²) in [6.45, 7) is 2.37. The minimum Gasteiger partial charge on any atom is -0.493 e. The number of thiocarbonyl (C=S) groups is 1. The lowest BCUT2D eigenvalue weighted by Gasteiger charge is -2.14.